The van der Waals surface area contributed by atoms with E-state index in [2.05, 4.69) is 0 Å². The van der Waals surface area contributed by atoms with Crippen molar-refractivity contribution < 1.29 is 5.21 Å². The summed E-state index contributed by atoms with van der Waals surface area (Å²) in [5.74, 6) is 1.82. The van der Waals surface area contributed by atoms with Crippen LogP contribution in [0.2, 0.25) is 0 Å². The van der Waals surface area contributed by atoms with E-state index < -0.39 is 0 Å². The second kappa shape index (κ2) is 1.56. The van der Waals surface area contributed by atoms with Crippen LogP contribution in [0.5, 0.6) is 0 Å². The van der Waals surface area contributed by atoms with Gasteiger partial charge in [-0.15, -0.1) is 0 Å². The number of hydrogen-bond acceptors (Lipinski definition) is 2. The first-order valence-corrected chi connectivity index (χ1v) is 4.32. The molecule has 2 saturated heterocycles. The first-order chi connectivity index (χ1) is 4.84. The Labute approximate surface area is 60.8 Å². The normalized spacial score (nSPS) is 58.5. The molecule has 0 aromatic heterocycles. The summed E-state index contributed by atoms with van der Waals surface area (Å²) >= 11 is 0. The van der Waals surface area contributed by atoms with Gasteiger partial charge in [0.15, 0.2) is 0 Å². The molecule has 0 radical (unpaired) electrons. The summed E-state index contributed by atoms with van der Waals surface area (Å²) in [4.78, 5) is 0. The SMILES string of the molecule is ON1C2CC3CC(C2)C1C3. The molecule has 0 amide bonds. The zero-order chi connectivity index (χ0) is 6.72. The Morgan fingerprint density at radius 2 is 2.00 bits per heavy atom. The zero-order valence-electron chi connectivity index (χ0n) is 6.03. The highest BCUT2D eigenvalue weighted by Crippen LogP contribution is 2.51. The number of piperidine rings is 1. The van der Waals surface area contributed by atoms with Gasteiger partial charge in [0, 0.05) is 12.1 Å². The van der Waals surface area contributed by atoms with Gasteiger partial charge in [0.25, 0.3) is 0 Å². The van der Waals surface area contributed by atoms with E-state index in [9.17, 15) is 5.21 Å². The lowest BCUT2D eigenvalue weighted by atomic mass is 9.87. The summed E-state index contributed by atoms with van der Waals surface area (Å²) < 4.78 is 0. The van der Waals surface area contributed by atoms with Gasteiger partial charge >= 0.3 is 0 Å². The van der Waals surface area contributed by atoms with Crippen molar-refractivity contribution in [2.75, 3.05) is 0 Å². The molecule has 2 aliphatic heterocycles. The van der Waals surface area contributed by atoms with E-state index in [-0.39, 0.29) is 0 Å². The van der Waals surface area contributed by atoms with E-state index >= 15 is 0 Å². The van der Waals surface area contributed by atoms with E-state index in [0.717, 1.165) is 11.8 Å². The van der Waals surface area contributed by atoms with Gasteiger partial charge in [0.2, 0.25) is 0 Å². The summed E-state index contributed by atoms with van der Waals surface area (Å²) in [5.41, 5.74) is 0. The van der Waals surface area contributed by atoms with Crippen molar-refractivity contribution in [2.24, 2.45) is 11.8 Å². The predicted octanol–water partition coefficient (Wildman–Crippen LogP) is 1.25. The van der Waals surface area contributed by atoms with E-state index in [1.165, 1.54) is 25.7 Å². The number of hydroxylamine groups is 2. The molecule has 0 aromatic carbocycles. The standard InChI is InChI=1S/C8H13NO/c10-9-7-2-5-1-6(4-7)8(9)3-5/h5-8,10H,1-4H2. The summed E-state index contributed by atoms with van der Waals surface area (Å²) in [5, 5.41) is 11.2. The molecule has 56 valence electrons. The van der Waals surface area contributed by atoms with Crippen LogP contribution in [0.25, 0.3) is 0 Å². The molecule has 2 heterocycles. The minimum absolute atomic E-state index is 0.544. The summed E-state index contributed by atoms with van der Waals surface area (Å²) in [6.45, 7) is 0. The van der Waals surface area contributed by atoms with Crippen molar-refractivity contribution in [3.8, 4) is 0 Å². The van der Waals surface area contributed by atoms with Gasteiger partial charge in [-0.3, -0.25) is 0 Å². The minimum atomic E-state index is 0.544. The number of rotatable bonds is 0. The maximum absolute atomic E-state index is 9.54. The third-order valence-corrected chi connectivity index (χ3v) is 3.65. The Morgan fingerprint density at radius 1 is 1.10 bits per heavy atom. The molecule has 4 aliphatic rings. The highest BCUT2D eigenvalue weighted by Gasteiger charge is 2.52. The Morgan fingerprint density at radius 3 is 2.70 bits per heavy atom. The zero-order valence-corrected chi connectivity index (χ0v) is 6.03. The van der Waals surface area contributed by atoms with Gasteiger partial charge in [-0.2, -0.15) is 5.06 Å². The lowest BCUT2D eigenvalue weighted by Crippen LogP contribution is -2.37. The topological polar surface area (TPSA) is 23.5 Å². The maximum atomic E-state index is 9.54. The van der Waals surface area contributed by atoms with Gasteiger partial charge in [0.1, 0.15) is 0 Å². The van der Waals surface area contributed by atoms with Crippen LogP contribution in [0, 0.1) is 11.8 Å². The molecule has 10 heavy (non-hydrogen) atoms. The molecule has 1 N–H and O–H groups in total. The van der Waals surface area contributed by atoms with Gasteiger partial charge < -0.3 is 5.21 Å². The van der Waals surface area contributed by atoms with Crippen LogP contribution in [0.4, 0.5) is 0 Å². The average Bonchev–Trinajstić information content (AvgIpc) is 2.31. The maximum Gasteiger partial charge on any atom is 0.0384 e. The van der Waals surface area contributed by atoms with Crippen molar-refractivity contribution in [2.45, 2.75) is 37.8 Å². The van der Waals surface area contributed by atoms with Gasteiger partial charge in [0.05, 0.1) is 0 Å². The minimum Gasteiger partial charge on any atom is -0.313 e. The van der Waals surface area contributed by atoms with Crippen LogP contribution in [0.15, 0.2) is 0 Å². The monoisotopic (exact) mass is 139 g/mol. The summed E-state index contributed by atoms with van der Waals surface area (Å²) in [6, 6.07) is 1.10. The highest BCUT2D eigenvalue weighted by molar-refractivity contribution is 5.03. The highest BCUT2D eigenvalue weighted by atomic mass is 16.5. The van der Waals surface area contributed by atoms with E-state index in [0.29, 0.717) is 12.1 Å². The fraction of sp³-hybridized carbons (Fsp3) is 1.00. The van der Waals surface area contributed by atoms with Crippen LogP contribution in [-0.4, -0.2) is 22.4 Å². The Hall–Kier alpha value is -0.0800. The Kier molecular flexibility index (Phi) is 0.868. The van der Waals surface area contributed by atoms with E-state index in [1.54, 1.807) is 5.06 Å². The van der Waals surface area contributed by atoms with Crippen LogP contribution in [0.3, 0.4) is 0 Å². The van der Waals surface area contributed by atoms with Gasteiger partial charge in [-0.1, -0.05) is 0 Å². The fourth-order valence-electron chi connectivity index (χ4n) is 3.30. The second-order valence-electron chi connectivity index (χ2n) is 4.17. The van der Waals surface area contributed by atoms with Gasteiger partial charge in [-0.05, 0) is 37.5 Å². The van der Waals surface area contributed by atoms with Crippen molar-refractivity contribution in [1.82, 2.24) is 5.06 Å². The summed E-state index contributed by atoms with van der Waals surface area (Å²) in [6.07, 6.45) is 5.22. The quantitative estimate of drug-likeness (QED) is 0.546. The average molecular weight is 139 g/mol. The smallest absolute Gasteiger partial charge is 0.0384 e. The number of hydrogen-bond donors (Lipinski definition) is 1. The first kappa shape index (κ1) is 5.56. The van der Waals surface area contributed by atoms with Crippen molar-refractivity contribution in [1.29, 1.82) is 0 Å². The van der Waals surface area contributed by atoms with Gasteiger partial charge in [-0.25, -0.2) is 0 Å². The molecule has 0 aromatic rings. The fourth-order valence-corrected chi connectivity index (χ4v) is 3.30. The molecule has 4 unspecified atom stereocenters. The molecule has 2 heteroatoms. The molecule has 4 bridgehead atoms. The third kappa shape index (κ3) is 0.487. The predicted molar refractivity (Wildman–Crippen MR) is 36.6 cm³/mol. The van der Waals surface area contributed by atoms with Crippen LogP contribution >= 0.6 is 0 Å². The molecule has 2 saturated carbocycles. The second-order valence-corrected chi connectivity index (χ2v) is 4.17. The molecule has 2 nitrogen and oxygen atoms in total. The van der Waals surface area contributed by atoms with Crippen LogP contribution in [0.1, 0.15) is 25.7 Å². The van der Waals surface area contributed by atoms with E-state index in [1.807, 2.05) is 0 Å². The molecule has 4 atom stereocenters. The molecule has 2 aliphatic carbocycles. The third-order valence-electron chi connectivity index (χ3n) is 3.65. The van der Waals surface area contributed by atoms with Crippen molar-refractivity contribution in [3.63, 3.8) is 0 Å². The lowest BCUT2D eigenvalue weighted by molar-refractivity contribution is -0.151. The molecular formula is C8H13NO. The first-order valence-electron chi connectivity index (χ1n) is 4.32. The largest absolute Gasteiger partial charge is 0.313 e. The summed E-state index contributed by atoms with van der Waals surface area (Å²) in [7, 11) is 0. The molecule has 0 spiro atoms. The molecule has 4 fully saturated rings. The number of nitrogens with zero attached hydrogens (tertiary/aromatic N) is 1. The van der Waals surface area contributed by atoms with Crippen LogP contribution < -0.4 is 0 Å². The van der Waals surface area contributed by atoms with Crippen LogP contribution in [-0.2, 0) is 0 Å². The van der Waals surface area contributed by atoms with Crippen molar-refractivity contribution in [3.05, 3.63) is 0 Å². The Balaban J connectivity index is 1.99. The van der Waals surface area contributed by atoms with E-state index in [4.69, 9.17) is 0 Å². The van der Waals surface area contributed by atoms with Crippen molar-refractivity contribution >= 4 is 0 Å². The lowest BCUT2D eigenvalue weighted by Gasteiger charge is -2.30. The molecular weight excluding hydrogens is 126 g/mol. The Bertz CT molecular complexity index is 165. The molecule has 4 rings (SSSR count).